The third kappa shape index (κ3) is 5.96. The van der Waals surface area contributed by atoms with Crippen molar-refractivity contribution in [2.24, 2.45) is 0 Å². The summed E-state index contributed by atoms with van der Waals surface area (Å²) in [5, 5.41) is 19.6. The number of amides is 1. The highest BCUT2D eigenvalue weighted by Gasteiger charge is 2.17. The standard InChI is InChI=1S/C28H25N5O5/c1-4-36-24-12-10-23(11-13-24)33-18(2)14-21(19(33)3)15-22(16-29)27(35)37-17-25(34)30-28-32-31-26(38-28)20-8-6-5-7-9-20/h5-15H,4,17H2,1-3H3,(H,30,32,34)/b22-15+. The first-order valence-electron chi connectivity index (χ1n) is 11.8. The minimum Gasteiger partial charge on any atom is -0.494 e. The lowest BCUT2D eigenvalue weighted by molar-refractivity contribution is -0.142. The quantitative estimate of drug-likeness (QED) is 0.195. The molecule has 192 valence electrons. The number of carbonyl (C=O) groups excluding carboxylic acids is 2. The van der Waals surface area contributed by atoms with Crippen molar-refractivity contribution in [1.29, 1.82) is 5.26 Å². The lowest BCUT2D eigenvalue weighted by Gasteiger charge is -2.11. The van der Waals surface area contributed by atoms with Crippen LogP contribution in [0.15, 0.2) is 70.7 Å². The highest BCUT2D eigenvalue weighted by molar-refractivity contribution is 6.00. The van der Waals surface area contributed by atoms with E-state index in [1.807, 2.05) is 79.9 Å². The molecule has 4 aromatic rings. The van der Waals surface area contributed by atoms with Crippen LogP contribution in [0, 0.1) is 25.2 Å². The molecule has 0 saturated heterocycles. The monoisotopic (exact) mass is 511 g/mol. The first-order valence-corrected chi connectivity index (χ1v) is 11.8. The molecule has 0 aliphatic carbocycles. The number of nitrogens with zero attached hydrogens (tertiary/aromatic N) is 4. The molecule has 0 saturated carbocycles. The number of rotatable bonds is 9. The van der Waals surface area contributed by atoms with E-state index in [0.717, 1.165) is 22.8 Å². The van der Waals surface area contributed by atoms with E-state index in [4.69, 9.17) is 13.9 Å². The highest BCUT2D eigenvalue weighted by Crippen LogP contribution is 2.25. The Morgan fingerprint density at radius 1 is 1.11 bits per heavy atom. The number of benzene rings is 2. The van der Waals surface area contributed by atoms with Gasteiger partial charge in [-0.25, -0.2) is 4.79 Å². The molecule has 4 rings (SSSR count). The van der Waals surface area contributed by atoms with Crippen molar-refractivity contribution >= 4 is 24.0 Å². The van der Waals surface area contributed by atoms with E-state index in [1.165, 1.54) is 6.08 Å². The minimum atomic E-state index is -0.927. The Labute approximate surface area is 219 Å². The van der Waals surface area contributed by atoms with Crippen molar-refractivity contribution in [1.82, 2.24) is 14.8 Å². The Balaban J connectivity index is 1.40. The second-order valence-corrected chi connectivity index (χ2v) is 8.16. The van der Waals surface area contributed by atoms with Crippen molar-refractivity contribution in [2.45, 2.75) is 20.8 Å². The van der Waals surface area contributed by atoms with Gasteiger partial charge in [0.25, 0.3) is 5.91 Å². The molecule has 0 atom stereocenters. The fourth-order valence-corrected chi connectivity index (χ4v) is 3.82. The third-order valence-corrected chi connectivity index (χ3v) is 5.54. The lowest BCUT2D eigenvalue weighted by Crippen LogP contribution is -2.21. The van der Waals surface area contributed by atoms with Crippen molar-refractivity contribution in [3.8, 4) is 29.0 Å². The molecule has 2 aromatic heterocycles. The number of aryl methyl sites for hydroxylation is 1. The number of anilines is 1. The van der Waals surface area contributed by atoms with Gasteiger partial charge in [0.1, 0.15) is 17.4 Å². The summed E-state index contributed by atoms with van der Waals surface area (Å²) in [7, 11) is 0. The Morgan fingerprint density at radius 3 is 2.53 bits per heavy atom. The van der Waals surface area contributed by atoms with Crippen LogP contribution in [-0.4, -0.2) is 39.9 Å². The molecule has 0 bridgehead atoms. The number of esters is 1. The molecular weight excluding hydrogens is 486 g/mol. The zero-order valence-corrected chi connectivity index (χ0v) is 21.1. The Hall–Kier alpha value is -5.17. The molecule has 2 heterocycles. The number of carbonyl (C=O) groups is 2. The first-order chi connectivity index (χ1) is 18.4. The number of nitrogens with one attached hydrogen (secondary N) is 1. The normalized spacial score (nSPS) is 11.1. The summed E-state index contributed by atoms with van der Waals surface area (Å²) in [5.41, 5.74) is 3.78. The Bertz CT molecular complexity index is 1510. The molecular formula is C28H25N5O5. The maximum absolute atomic E-state index is 12.5. The van der Waals surface area contributed by atoms with Gasteiger partial charge in [0, 0.05) is 22.6 Å². The van der Waals surface area contributed by atoms with Gasteiger partial charge in [0.05, 0.1) is 6.61 Å². The summed E-state index contributed by atoms with van der Waals surface area (Å²) in [5.74, 6) is -0.611. The van der Waals surface area contributed by atoms with E-state index >= 15 is 0 Å². The van der Waals surface area contributed by atoms with Gasteiger partial charge in [0.15, 0.2) is 6.61 Å². The highest BCUT2D eigenvalue weighted by atomic mass is 16.5. The van der Waals surface area contributed by atoms with Gasteiger partial charge in [0.2, 0.25) is 5.89 Å². The second-order valence-electron chi connectivity index (χ2n) is 8.16. The van der Waals surface area contributed by atoms with Crippen LogP contribution in [0.1, 0.15) is 23.9 Å². The van der Waals surface area contributed by atoms with Gasteiger partial charge < -0.3 is 18.5 Å². The fourth-order valence-electron chi connectivity index (χ4n) is 3.82. The number of nitriles is 1. The molecule has 1 N–H and O–H groups in total. The topological polar surface area (TPSA) is 132 Å². The maximum Gasteiger partial charge on any atom is 0.349 e. The summed E-state index contributed by atoms with van der Waals surface area (Å²) in [4.78, 5) is 24.8. The summed E-state index contributed by atoms with van der Waals surface area (Å²) >= 11 is 0. The molecule has 0 aliphatic heterocycles. The van der Waals surface area contributed by atoms with Crippen molar-refractivity contribution in [3.63, 3.8) is 0 Å². The zero-order valence-electron chi connectivity index (χ0n) is 21.1. The van der Waals surface area contributed by atoms with Crippen LogP contribution in [0.25, 0.3) is 23.2 Å². The predicted molar refractivity (Wildman–Crippen MR) is 139 cm³/mol. The molecule has 0 aliphatic rings. The smallest absolute Gasteiger partial charge is 0.349 e. The van der Waals surface area contributed by atoms with Crippen molar-refractivity contribution in [2.75, 3.05) is 18.5 Å². The van der Waals surface area contributed by atoms with Crippen LogP contribution in [-0.2, 0) is 14.3 Å². The van der Waals surface area contributed by atoms with Crippen LogP contribution in [0.5, 0.6) is 5.75 Å². The number of ether oxygens (including phenoxy) is 2. The fraction of sp³-hybridized carbons (Fsp3) is 0.179. The molecule has 10 nitrogen and oxygen atoms in total. The molecule has 0 fully saturated rings. The van der Waals surface area contributed by atoms with Crippen LogP contribution in [0.4, 0.5) is 6.01 Å². The van der Waals surface area contributed by atoms with Crippen LogP contribution < -0.4 is 10.1 Å². The minimum absolute atomic E-state index is 0.136. The predicted octanol–water partition coefficient (Wildman–Crippen LogP) is 4.63. The van der Waals surface area contributed by atoms with Gasteiger partial charge in [-0.3, -0.25) is 10.1 Å². The van der Waals surface area contributed by atoms with Crippen LogP contribution in [0.2, 0.25) is 0 Å². The van der Waals surface area contributed by atoms with Crippen molar-refractivity contribution in [3.05, 3.63) is 83.2 Å². The zero-order chi connectivity index (χ0) is 27.1. The maximum atomic E-state index is 12.5. The molecule has 38 heavy (non-hydrogen) atoms. The van der Waals surface area contributed by atoms with Gasteiger partial charge in [-0.2, -0.15) is 5.26 Å². The third-order valence-electron chi connectivity index (χ3n) is 5.54. The van der Waals surface area contributed by atoms with E-state index in [1.54, 1.807) is 12.1 Å². The Morgan fingerprint density at radius 2 is 1.84 bits per heavy atom. The molecule has 0 unspecified atom stereocenters. The van der Waals surface area contributed by atoms with E-state index in [-0.39, 0.29) is 17.5 Å². The van der Waals surface area contributed by atoms with E-state index < -0.39 is 18.5 Å². The van der Waals surface area contributed by atoms with Crippen LogP contribution in [0.3, 0.4) is 0 Å². The Kier molecular flexibility index (Phi) is 7.98. The van der Waals surface area contributed by atoms with Crippen molar-refractivity contribution < 1.29 is 23.5 Å². The summed E-state index contributed by atoms with van der Waals surface area (Å²) in [6.07, 6.45) is 1.44. The molecule has 10 heteroatoms. The number of hydrogen-bond donors (Lipinski definition) is 1. The van der Waals surface area contributed by atoms with Gasteiger partial charge >= 0.3 is 12.0 Å². The summed E-state index contributed by atoms with van der Waals surface area (Å²) < 4.78 is 18.0. The number of hydrogen-bond acceptors (Lipinski definition) is 8. The van der Waals surface area contributed by atoms with E-state index in [9.17, 15) is 14.9 Å². The summed E-state index contributed by atoms with van der Waals surface area (Å²) in [6, 6.07) is 20.3. The van der Waals surface area contributed by atoms with Gasteiger partial charge in [-0.1, -0.05) is 23.3 Å². The van der Waals surface area contributed by atoms with E-state index in [2.05, 4.69) is 15.5 Å². The van der Waals surface area contributed by atoms with Gasteiger partial charge in [-0.15, -0.1) is 5.10 Å². The average Bonchev–Trinajstić information content (AvgIpc) is 3.50. The first kappa shape index (κ1) is 25.9. The average molecular weight is 512 g/mol. The molecule has 0 spiro atoms. The summed E-state index contributed by atoms with van der Waals surface area (Å²) in [6.45, 7) is 5.68. The van der Waals surface area contributed by atoms with Crippen LogP contribution >= 0.6 is 0 Å². The van der Waals surface area contributed by atoms with Gasteiger partial charge in [-0.05, 0) is 74.9 Å². The molecule has 1 amide bonds. The second kappa shape index (κ2) is 11.7. The molecule has 2 aromatic carbocycles. The lowest BCUT2D eigenvalue weighted by atomic mass is 10.1. The number of aromatic nitrogens is 3. The largest absolute Gasteiger partial charge is 0.494 e. The van der Waals surface area contributed by atoms with E-state index in [0.29, 0.717) is 17.7 Å². The SMILES string of the molecule is CCOc1ccc(-n2c(C)cc(/C=C(\C#N)C(=O)OCC(=O)Nc3nnc(-c4ccccc4)o3)c2C)cc1. The molecule has 0 radical (unpaired) electrons.